The van der Waals surface area contributed by atoms with Crippen molar-refractivity contribution in [2.75, 3.05) is 0 Å². The molecule has 1 heterocycles. The van der Waals surface area contributed by atoms with E-state index in [4.69, 9.17) is 0 Å². The molecule has 0 N–H and O–H groups in total. The molecule has 0 radical (unpaired) electrons. The Hall–Kier alpha value is -5.50. The van der Waals surface area contributed by atoms with Crippen molar-refractivity contribution in [3.8, 4) is 43.8 Å². The van der Waals surface area contributed by atoms with E-state index in [9.17, 15) is 0 Å². The molecule has 0 unspecified atom stereocenters. The van der Waals surface area contributed by atoms with E-state index in [0.29, 0.717) is 0 Å². The zero-order chi connectivity index (χ0) is 32.0. The van der Waals surface area contributed by atoms with E-state index in [-0.39, 0.29) is 5.41 Å². The molecule has 48 heavy (non-hydrogen) atoms. The summed E-state index contributed by atoms with van der Waals surface area (Å²) in [6.07, 6.45) is 0. The molecule has 1 heteroatoms. The summed E-state index contributed by atoms with van der Waals surface area (Å²) in [5, 5.41) is 9.05. The van der Waals surface area contributed by atoms with Crippen LogP contribution in [0.5, 0.6) is 0 Å². The zero-order valence-corrected chi connectivity index (χ0v) is 27.7. The summed E-state index contributed by atoms with van der Waals surface area (Å²) < 4.78 is 1.36. The Morgan fingerprint density at radius 1 is 0.417 bits per heavy atom. The Balaban J connectivity index is 1.26. The number of hydrogen-bond acceptors (Lipinski definition) is 1. The molecule has 8 aromatic carbocycles. The van der Waals surface area contributed by atoms with Crippen LogP contribution < -0.4 is 0 Å². The van der Waals surface area contributed by atoms with Gasteiger partial charge in [0.15, 0.2) is 0 Å². The minimum absolute atomic E-state index is 0.0384. The second kappa shape index (κ2) is 10.2. The van der Waals surface area contributed by atoms with Gasteiger partial charge in [0.25, 0.3) is 0 Å². The van der Waals surface area contributed by atoms with Crippen LogP contribution in [0.15, 0.2) is 158 Å². The van der Waals surface area contributed by atoms with Crippen molar-refractivity contribution < 1.29 is 0 Å². The molecule has 10 rings (SSSR count). The van der Waals surface area contributed by atoms with Crippen LogP contribution in [0.25, 0.3) is 86.2 Å². The largest absolute Gasteiger partial charge is 0.135 e. The van der Waals surface area contributed by atoms with Gasteiger partial charge in [-0.25, -0.2) is 0 Å². The van der Waals surface area contributed by atoms with Gasteiger partial charge in [-0.2, -0.15) is 0 Å². The molecular weight excluding hydrogens is 597 g/mol. The van der Waals surface area contributed by atoms with Crippen LogP contribution in [-0.2, 0) is 5.41 Å². The van der Waals surface area contributed by atoms with Crippen molar-refractivity contribution in [1.29, 1.82) is 0 Å². The van der Waals surface area contributed by atoms with Crippen molar-refractivity contribution in [2.24, 2.45) is 0 Å². The Labute approximate surface area is 284 Å². The van der Waals surface area contributed by atoms with E-state index in [1.54, 1.807) is 0 Å². The van der Waals surface area contributed by atoms with Crippen LogP contribution in [-0.4, -0.2) is 0 Å². The van der Waals surface area contributed by atoms with Crippen LogP contribution in [0.1, 0.15) is 25.0 Å². The molecule has 226 valence electrons. The summed E-state index contributed by atoms with van der Waals surface area (Å²) in [7, 11) is 0. The van der Waals surface area contributed by atoms with Gasteiger partial charge in [-0.05, 0) is 112 Å². The molecule has 0 nitrogen and oxygen atoms in total. The molecule has 1 aliphatic rings. The number of benzene rings is 8. The highest BCUT2D eigenvalue weighted by Gasteiger charge is 2.38. The van der Waals surface area contributed by atoms with Crippen molar-refractivity contribution >= 4 is 53.7 Å². The van der Waals surface area contributed by atoms with Gasteiger partial charge < -0.3 is 0 Å². The highest BCUT2D eigenvalue weighted by Crippen LogP contribution is 2.56. The van der Waals surface area contributed by atoms with Gasteiger partial charge in [0.2, 0.25) is 0 Å². The number of thiophene rings is 1. The van der Waals surface area contributed by atoms with E-state index >= 15 is 0 Å². The van der Waals surface area contributed by atoms with Crippen molar-refractivity contribution in [1.82, 2.24) is 0 Å². The molecular formula is C47H32S. The summed E-state index contributed by atoms with van der Waals surface area (Å²) in [6, 6.07) is 58.6. The first kappa shape index (κ1) is 27.6. The Morgan fingerprint density at radius 3 is 1.71 bits per heavy atom. The maximum absolute atomic E-state index is 2.48. The number of rotatable bonds is 3. The summed E-state index contributed by atoms with van der Waals surface area (Å²) in [5.74, 6) is 0. The van der Waals surface area contributed by atoms with Gasteiger partial charge in [-0.3, -0.25) is 0 Å². The summed E-state index contributed by atoms with van der Waals surface area (Å²) in [5.41, 5.74) is 11.9. The highest BCUT2D eigenvalue weighted by molar-refractivity contribution is 7.22. The van der Waals surface area contributed by atoms with Crippen LogP contribution >= 0.6 is 11.3 Å². The predicted molar refractivity (Wildman–Crippen MR) is 208 cm³/mol. The van der Waals surface area contributed by atoms with Crippen molar-refractivity contribution in [3.05, 3.63) is 169 Å². The normalized spacial score (nSPS) is 13.4. The first-order valence-corrected chi connectivity index (χ1v) is 17.6. The summed E-state index contributed by atoms with van der Waals surface area (Å²) in [6.45, 7) is 4.78. The molecule has 0 bridgehead atoms. The fourth-order valence-electron chi connectivity index (χ4n) is 8.49. The van der Waals surface area contributed by atoms with Gasteiger partial charge >= 0.3 is 0 Å². The Morgan fingerprint density at radius 2 is 1.00 bits per heavy atom. The predicted octanol–water partition coefficient (Wildman–Crippen LogP) is 13.7. The lowest BCUT2D eigenvalue weighted by Crippen LogP contribution is -2.14. The van der Waals surface area contributed by atoms with Gasteiger partial charge in [0.05, 0.1) is 0 Å². The summed E-state index contributed by atoms with van der Waals surface area (Å²) >= 11 is 1.94. The lowest BCUT2D eigenvalue weighted by Gasteiger charge is -2.22. The van der Waals surface area contributed by atoms with E-state index in [2.05, 4.69) is 172 Å². The third-order valence-corrected chi connectivity index (χ3v) is 11.8. The highest BCUT2D eigenvalue weighted by atomic mass is 32.1. The van der Waals surface area contributed by atoms with Gasteiger partial charge in [0.1, 0.15) is 0 Å². The van der Waals surface area contributed by atoms with Gasteiger partial charge in [-0.15, -0.1) is 11.3 Å². The fourth-order valence-corrected chi connectivity index (χ4v) is 9.87. The van der Waals surface area contributed by atoms with E-state index in [0.717, 1.165) is 0 Å². The Bertz CT molecular complexity index is 2690. The van der Waals surface area contributed by atoms with Crippen molar-refractivity contribution in [3.63, 3.8) is 0 Å². The first-order chi connectivity index (χ1) is 23.6. The molecule has 9 aromatic rings. The lowest BCUT2D eigenvalue weighted by molar-refractivity contribution is 0.667. The SMILES string of the molecule is CC1(C)c2ccccc2-c2sc3ccc(-c4c5ccccc5c(-c5cc(-c6ccccc6)c6ccccc6c5)c5ccccc45)cc3c21. The molecule has 1 aliphatic carbocycles. The molecule has 0 aliphatic heterocycles. The summed E-state index contributed by atoms with van der Waals surface area (Å²) in [4.78, 5) is 1.43. The quantitative estimate of drug-likeness (QED) is 0.171. The van der Waals surface area contributed by atoms with Gasteiger partial charge in [-0.1, -0.05) is 147 Å². The molecule has 0 saturated heterocycles. The van der Waals surface area contributed by atoms with E-state index in [1.807, 2.05) is 11.3 Å². The monoisotopic (exact) mass is 628 g/mol. The maximum atomic E-state index is 2.48. The van der Waals surface area contributed by atoms with Crippen LogP contribution in [0.2, 0.25) is 0 Å². The second-order valence-corrected chi connectivity index (χ2v) is 14.7. The first-order valence-electron chi connectivity index (χ1n) is 16.8. The fraction of sp³-hybridized carbons (Fsp3) is 0.0638. The van der Waals surface area contributed by atoms with Gasteiger partial charge in [0, 0.05) is 15.0 Å². The standard InChI is InChI=1S/C47H32S/c1-47(2)41-23-13-12-22-38(41)46-45(47)40-27-31(24-25-42(40)48-46)43-34-18-8-10-20-36(34)44(37-21-11-9-19-35(37)43)32-26-30-16-6-7-17-33(30)39(28-32)29-14-4-3-5-15-29/h3-28H,1-2H3. The van der Waals surface area contributed by atoms with E-state index in [1.165, 1.54) is 97.4 Å². The van der Waals surface area contributed by atoms with Crippen LogP contribution in [0, 0.1) is 0 Å². The molecule has 1 aromatic heterocycles. The number of hydrogen-bond donors (Lipinski definition) is 0. The molecule has 0 atom stereocenters. The van der Waals surface area contributed by atoms with Crippen LogP contribution in [0.3, 0.4) is 0 Å². The molecule has 0 spiro atoms. The third kappa shape index (κ3) is 3.89. The topological polar surface area (TPSA) is 0 Å². The van der Waals surface area contributed by atoms with Crippen LogP contribution in [0.4, 0.5) is 0 Å². The average molecular weight is 629 g/mol. The van der Waals surface area contributed by atoms with Crippen molar-refractivity contribution in [2.45, 2.75) is 19.3 Å². The zero-order valence-electron chi connectivity index (χ0n) is 26.9. The number of fused-ring (bicyclic) bond motifs is 8. The minimum Gasteiger partial charge on any atom is -0.135 e. The average Bonchev–Trinajstić information content (AvgIpc) is 3.63. The molecule has 0 saturated carbocycles. The molecule has 0 fully saturated rings. The second-order valence-electron chi connectivity index (χ2n) is 13.6. The van der Waals surface area contributed by atoms with E-state index < -0.39 is 0 Å². The Kier molecular flexibility index (Phi) is 5.89. The third-order valence-electron chi connectivity index (χ3n) is 10.6. The maximum Gasteiger partial charge on any atom is 0.0399 e. The minimum atomic E-state index is -0.0384. The smallest absolute Gasteiger partial charge is 0.0399 e. The lowest BCUT2D eigenvalue weighted by atomic mass is 9.81. The molecule has 0 amide bonds.